The third kappa shape index (κ3) is 3.29. The minimum atomic E-state index is 0.0826. The summed E-state index contributed by atoms with van der Waals surface area (Å²) in [6, 6.07) is 7.40. The highest BCUT2D eigenvalue weighted by atomic mass is 35.5. The van der Waals surface area contributed by atoms with Crippen LogP contribution in [0.1, 0.15) is 5.89 Å². The Hall–Kier alpha value is -2.32. The van der Waals surface area contributed by atoms with Crippen LogP contribution in [0.15, 0.2) is 40.0 Å². The molecule has 112 valence electrons. The van der Waals surface area contributed by atoms with Crippen molar-refractivity contribution in [2.45, 2.75) is 10.9 Å². The van der Waals surface area contributed by atoms with Gasteiger partial charge in [0.2, 0.25) is 17.8 Å². The maximum absolute atomic E-state index is 6.13. The molecule has 0 bridgehead atoms. The van der Waals surface area contributed by atoms with Gasteiger partial charge in [-0.15, -0.1) is 0 Å². The van der Waals surface area contributed by atoms with Crippen LogP contribution in [0.3, 0.4) is 0 Å². The quantitative estimate of drug-likeness (QED) is 0.699. The fourth-order valence-electron chi connectivity index (χ4n) is 1.74. The third-order valence-corrected chi connectivity index (χ3v) is 3.83. The Morgan fingerprint density at radius 3 is 2.55 bits per heavy atom. The molecular formula is C13H11ClN6OS. The Bertz CT molecular complexity index is 788. The minimum Gasteiger partial charge on any atom is -0.440 e. The van der Waals surface area contributed by atoms with Gasteiger partial charge in [0, 0.05) is 5.56 Å². The molecule has 0 amide bonds. The summed E-state index contributed by atoms with van der Waals surface area (Å²) in [6.45, 7) is 0. The number of thioether (sulfide) groups is 1. The zero-order valence-corrected chi connectivity index (χ0v) is 12.8. The van der Waals surface area contributed by atoms with E-state index in [1.165, 1.54) is 11.8 Å². The number of nitrogen functional groups attached to an aromatic ring is 2. The lowest BCUT2D eigenvalue weighted by Gasteiger charge is -2.00. The van der Waals surface area contributed by atoms with Crippen molar-refractivity contribution in [2.75, 3.05) is 11.5 Å². The van der Waals surface area contributed by atoms with Crippen molar-refractivity contribution < 1.29 is 4.42 Å². The van der Waals surface area contributed by atoms with Crippen molar-refractivity contribution in [1.82, 2.24) is 19.9 Å². The van der Waals surface area contributed by atoms with Crippen LogP contribution in [0, 0.1) is 0 Å². The molecule has 7 nitrogen and oxygen atoms in total. The van der Waals surface area contributed by atoms with Gasteiger partial charge in [0.05, 0.1) is 17.0 Å². The molecule has 3 aromatic rings. The van der Waals surface area contributed by atoms with E-state index in [1.807, 2.05) is 18.2 Å². The second-order valence-electron chi connectivity index (χ2n) is 4.22. The zero-order valence-electron chi connectivity index (χ0n) is 11.2. The van der Waals surface area contributed by atoms with E-state index in [9.17, 15) is 0 Å². The lowest BCUT2D eigenvalue weighted by Crippen LogP contribution is -2.03. The smallest absolute Gasteiger partial charge is 0.225 e. The first-order valence-electron chi connectivity index (χ1n) is 6.21. The summed E-state index contributed by atoms with van der Waals surface area (Å²) in [6.07, 6.45) is 1.63. The van der Waals surface area contributed by atoms with Gasteiger partial charge in [0.1, 0.15) is 0 Å². The number of rotatable bonds is 4. The molecule has 0 aliphatic carbocycles. The van der Waals surface area contributed by atoms with Gasteiger partial charge in [0.15, 0.2) is 10.9 Å². The predicted molar refractivity (Wildman–Crippen MR) is 85.2 cm³/mol. The van der Waals surface area contributed by atoms with E-state index < -0.39 is 0 Å². The Morgan fingerprint density at radius 1 is 1.09 bits per heavy atom. The second-order valence-corrected chi connectivity index (χ2v) is 5.57. The van der Waals surface area contributed by atoms with E-state index in [4.69, 9.17) is 27.5 Å². The Labute approximate surface area is 135 Å². The SMILES string of the molecule is Nc1nc(N)nc(SCc2ncc(-c3ccccc3Cl)o2)n1. The fourth-order valence-corrected chi connectivity index (χ4v) is 2.67. The van der Waals surface area contributed by atoms with Gasteiger partial charge in [-0.2, -0.15) is 15.0 Å². The summed E-state index contributed by atoms with van der Waals surface area (Å²) in [5, 5.41) is 1.03. The largest absolute Gasteiger partial charge is 0.440 e. The summed E-state index contributed by atoms with van der Waals surface area (Å²) >= 11 is 7.43. The molecule has 0 spiro atoms. The molecule has 0 unspecified atom stereocenters. The highest BCUT2D eigenvalue weighted by Crippen LogP contribution is 2.29. The molecule has 0 aliphatic heterocycles. The first kappa shape index (κ1) is 14.6. The van der Waals surface area contributed by atoms with Crippen molar-refractivity contribution in [2.24, 2.45) is 0 Å². The van der Waals surface area contributed by atoms with Crippen molar-refractivity contribution in [1.29, 1.82) is 0 Å². The van der Waals surface area contributed by atoms with Crippen molar-refractivity contribution in [3.8, 4) is 11.3 Å². The van der Waals surface area contributed by atoms with Gasteiger partial charge >= 0.3 is 0 Å². The van der Waals surface area contributed by atoms with Crippen molar-refractivity contribution in [3.63, 3.8) is 0 Å². The van der Waals surface area contributed by atoms with Crippen LogP contribution in [0.25, 0.3) is 11.3 Å². The van der Waals surface area contributed by atoms with E-state index in [1.54, 1.807) is 12.3 Å². The Kier molecular flexibility index (Phi) is 4.12. The number of nitrogens with two attached hydrogens (primary N) is 2. The molecule has 2 heterocycles. The summed E-state index contributed by atoms with van der Waals surface area (Å²) in [4.78, 5) is 15.9. The molecule has 0 aliphatic rings. The molecule has 9 heteroatoms. The van der Waals surface area contributed by atoms with Crippen LogP contribution in [0.5, 0.6) is 0 Å². The Balaban J connectivity index is 1.73. The molecule has 0 fully saturated rings. The van der Waals surface area contributed by atoms with Crippen LogP contribution in [0.4, 0.5) is 11.9 Å². The van der Waals surface area contributed by atoms with Crippen LogP contribution < -0.4 is 11.5 Å². The van der Waals surface area contributed by atoms with Gasteiger partial charge < -0.3 is 15.9 Å². The van der Waals surface area contributed by atoms with E-state index in [0.717, 1.165) is 5.56 Å². The molecule has 3 rings (SSSR count). The lowest BCUT2D eigenvalue weighted by atomic mass is 10.2. The third-order valence-electron chi connectivity index (χ3n) is 2.67. The van der Waals surface area contributed by atoms with Gasteiger partial charge in [-0.3, -0.25) is 0 Å². The number of oxazole rings is 1. The van der Waals surface area contributed by atoms with Gasteiger partial charge in [-0.1, -0.05) is 35.5 Å². The summed E-state index contributed by atoms with van der Waals surface area (Å²) in [7, 11) is 0. The van der Waals surface area contributed by atoms with E-state index >= 15 is 0 Å². The number of aromatic nitrogens is 4. The molecule has 4 N–H and O–H groups in total. The standard InChI is InChI=1S/C13H11ClN6OS/c14-8-4-2-1-3-7(8)9-5-17-10(21-9)6-22-13-19-11(15)18-12(16)20-13/h1-5H,6H2,(H4,15,16,18,19,20). The topological polar surface area (TPSA) is 117 Å². The number of benzene rings is 1. The number of anilines is 2. The number of halogens is 1. The first-order valence-corrected chi connectivity index (χ1v) is 7.57. The molecule has 1 aromatic carbocycles. The molecule has 0 saturated carbocycles. The predicted octanol–water partition coefficient (Wildman–Crippen LogP) is 2.64. The monoisotopic (exact) mass is 334 g/mol. The van der Waals surface area contributed by atoms with E-state index in [0.29, 0.717) is 27.6 Å². The molecule has 22 heavy (non-hydrogen) atoms. The highest BCUT2D eigenvalue weighted by Gasteiger charge is 2.11. The van der Waals surface area contributed by atoms with Crippen LogP contribution in [0.2, 0.25) is 5.02 Å². The molecule has 0 atom stereocenters. The number of hydrogen-bond donors (Lipinski definition) is 2. The summed E-state index contributed by atoms with van der Waals surface area (Å²) < 4.78 is 5.68. The fraction of sp³-hybridized carbons (Fsp3) is 0.0769. The van der Waals surface area contributed by atoms with Crippen LogP contribution in [-0.2, 0) is 5.75 Å². The molecule has 0 saturated heterocycles. The zero-order chi connectivity index (χ0) is 15.5. The lowest BCUT2D eigenvalue weighted by molar-refractivity contribution is 0.530. The number of nitrogens with zero attached hydrogens (tertiary/aromatic N) is 4. The number of hydrogen-bond acceptors (Lipinski definition) is 8. The van der Waals surface area contributed by atoms with E-state index in [2.05, 4.69) is 19.9 Å². The van der Waals surface area contributed by atoms with Crippen LogP contribution >= 0.6 is 23.4 Å². The minimum absolute atomic E-state index is 0.0826. The van der Waals surface area contributed by atoms with Crippen molar-refractivity contribution >= 4 is 35.3 Å². The maximum atomic E-state index is 6.13. The second kappa shape index (κ2) is 6.20. The van der Waals surface area contributed by atoms with Crippen LogP contribution in [-0.4, -0.2) is 19.9 Å². The molecule has 0 radical (unpaired) electrons. The van der Waals surface area contributed by atoms with Crippen molar-refractivity contribution in [3.05, 3.63) is 41.4 Å². The molecule has 2 aromatic heterocycles. The average molecular weight is 335 g/mol. The molecular weight excluding hydrogens is 324 g/mol. The average Bonchev–Trinajstić information content (AvgIpc) is 2.93. The maximum Gasteiger partial charge on any atom is 0.225 e. The summed E-state index contributed by atoms with van der Waals surface area (Å²) in [5.41, 5.74) is 11.8. The first-order chi connectivity index (χ1) is 10.6. The Morgan fingerprint density at radius 2 is 1.82 bits per heavy atom. The normalized spacial score (nSPS) is 10.8. The van der Waals surface area contributed by atoms with Gasteiger partial charge in [-0.05, 0) is 12.1 Å². The van der Waals surface area contributed by atoms with Gasteiger partial charge in [0.25, 0.3) is 0 Å². The summed E-state index contributed by atoms with van der Waals surface area (Å²) in [5.74, 6) is 1.74. The van der Waals surface area contributed by atoms with Gasteiger partial charge in [-0.25, -0.2) is 4.98 Å². The van der Waals surface area contributed by atoms with E-state index in [-0.39, 0.29) is 11.9 Å². The highest BCUT2D eigenvalue weighted by molar-refractivity contribution is 7.98.